The molecule has 12 rings (SSSR count). The first-order chi connectivity index (χ1) is 33.1. The zero-order valence-electron chi connectivity index (χ0n) is 37.7. The van der Waals surface area contributed by atoms with E-state index in [1.165, 1.54) is 22.5 Å². The van der Waals surface area contributed by atoms with Crippen LogP contribution in [0.3, 0.4) is 0 Å². The Morgan fingerprint density at radius 1 is 0.985 bits per heavy atom. The van der Waals surface area contributed by atoms with E-state index in [9.17, 15) is 28.0 Å². The van der Waals surface area contributed by atoms with Gasteiger partial charge < -0.3 is 29.3 Å². The standard InChI is InChI=1S/C49H54F2N12O5/c50-43(51)42-36(54-46(65)35-23-53-61-19-14-39(55-44(35)61)60-24-33-22-32(60)26-68-33)25-62(57-42)31-9-7-30(8-10-31)48(67)59-20-15-49(16-21-59)27-58(28-49)18-3-4-29-13-17-52-45-41(29)34-5-1-2-6-37(34)63(45)38-11-12-40(64)56-47(38)66/h1-2,5-6,13-14,17,19,23,25,30-33,38,43H,3-4,7-12,15-16,18,20-22,24,26-28H2,(H,54,65)(H,56,64,66)/t30-,31-,32-,33-,38?/m1/s1. The number of ether oxygens (including phenoxy) is 1. The van der Waals surface area contributed by atoms with E-state index in [1.54, 1.807) is 10.9 Å². The molecule has 10 heterocycles. The minimum absolute atomic E-state index is 0.0485. The van der Waals surface area contributed by atoms with Gasteiger partial charge in [-0.05, 0) is 99.9 Å². The van der Waals surface area contributed by atoms with Crippen LogP contribution in [0.15, 0.2) is 61.2 Å². The lowest BCUT2D eigenvalue weighted by molar-refractivity contribution is -0.142. The third-order valence-electron chi connectivity index (χ3n) is 15.8. The van der Waals surface area contributed by atoms with Crippen molar-refractivity contribution in [2.45, 2.75) is 101 Å². The van der Waals surface area contributed by atoms with E-state index in [-0.39, 0.29) is 58.5 Å². The Bertz CT molecular complexity index is 2960. The second kappa shape index (κ2) is 17.0. The number of hydrogen-bond acceptors (Lipinski definition) is 11. The predicted octanol–water partition coefficient (Wildman–Crippen LogP) is 5.86. The maximum absolute atomic E-state index is 14.4. The van der Waals surface area contributed by atoms with Gasteiger partial charge in [-0.3, -0.25) is 29.2 Å². The quantitative estimate of drug-likeness (QED) is 0.149. The van der Waals surface area contributed by atoms with Crippen molar-refractivity contribution in [2.24, 2.45) is 11.3 Å². The van der Waals surface area contributed by atoms with Crippen molar-refractivity contribution < 1.29 is 32.7 Å². The largest absolute Gasteiger partial charge is 0.374 e. The molecule has 68 heavy (non-hydrogen) atoms. The molecular formula is C49H54F2N12O5. The number of morpholine rings is 1. The molecular weight excluding hydrogens is 875 g/mol. The Morgan fingerprint density at radius 2 is 1.81 bits per heavy atom. The van der Waals surface area contributed by atoms with Crippen LogP contribution in [0.25, 0.3) is 27.6 Å². The smallest absolute Gasteiger partial charge is 0.284 e. The van der Waals surface area contributed by atoms with E-state index in [4.69, 9.17) is 14.7 Å². The zero-order chi connectivity index (χ0) is 46.3. The second-order valence-corrected chi connectivity index (χ2v) is 19.9. The van der Waals surface area contributed by atoms with Gasteiger partial charge in [0.1, 0.15) is 23.1 Å². The molecule has 6 aliphatic rings. The highest BCUT2D eigenvalue weighted by molar-refractivity contribution is 6.10. The number of alkyl halides is 2. The highest BCUT2D eigenvalue weighted by atomic mass is 19.3. The summed E-state index contributed by atoms with van der Waals surface area (Å²) in [5.74, 6) is -0.317. The second-order valence-electron chi connectivity index (χ2n) is 19.9. The minimum Gasteiger partial charge on any atom is -0.374 e. The van der Waals surface area contributed by atoms with E-state index in [1.807, 2.05) is 39.9 Å². The fraction of sp³-hybridized carbons (Fsp3) is 0.510. The molecule has 6 fully saturated rings. The molecule has 5 aliphatic heterocycles. The summed E-state index contributed by atoms with van der Waals surface area (Å²) < 4.78 is 39.5. The Balaban J connectivity index is 0.622. The molecule has 4 amide bonds. The first-order valence-electron chi connectivity index (χ1n) is 24.2. The monoisotopic (exact) mass is 928 g/mol. The van der Waals surface area contributed by atoms with E-state index in [0.29, 0.717) is 50.8 Å². The number of hydrogen-bond donors (Lipinski definition) is 2. The number of benzene rings is 1. The fourth-order valence-electron chi connectivity index (χ4n) is 12.2. The number of halogens is 2. The van der Waals surface area contributed by atoms with Gasteiger partial charge >= 0.3 is 0 Å². The van der Waals surface area contributed by atoms with Crippen LogP contribution in [-0.2, 0) is 25.5 Å². The summed E-state index contributed by atoms with van der Waals surface area (Å²) in [5.41, 5.74) is 3.14. The molecule has 1 unspecified atom stereocenters. The van der Waals surface area contributed by atoms with E-state index < -0.39 is 24.1 Å². The van der Waals surface area contributed by atoms with Crippen molar-refractivity contribution in [1.29, 1.82) is 0 Å². The number of anilines is 2. The first-order valence-corrected chi connectivity index (χ1v) is 24.2. The van der Waals surface area contributed by atoms with Crippen LogP contribution in [0.4, 0.5) is 20.3 Å². The van der Waals surface area contributed by atoms with Gasteiger partial charge in [0.05, 0.1) is 42.2 Å². The minimum atomic E-state index is -2.90. The highest BCUT2D eigenvalue weighted by Crippen LogP contribution is 2.43. The average molecular weight is 929 g/mol. The first kappa shape index (κ1) is 43.0. The maximum Gasteiger partial charge on any atom is 0.284 e. The third-order valence-corrected chi connectivity index (χ3v) is 15.8. The van der Waals surface area contributed by atoms with Crippen molar-refractivity contribution in [3.8, 4) is 0 Å². The molecule has 0 radical (unpaired) electrons. The number of nitrogens with zero attached hydrogens (tertiary/aromatic N) is 10. The van der Waals surface area contributed by atoms with Crippen LogP contribution in [0.2, 0.25) is 0 Å². The number of aryl methyl sites for hydroxylation is 1. The lowest BCUT2D eigenvalue weighted by Crippen LogP contribution is -2.61. The summed E-state index contributed by atoms with van der Waals surface area (Å²) in [6.07, 6.45) is 11.8. The number of amides is 4. The number of piperidine rings is 2. The SMILES string of the molecule is O=C1CCC(n2c3ccccc3c3c(CCCN4CC5(CCN(C(=O)[C@H]6CC[C@H](n7cc(NC(=O)c8cnn9ccc(N%10C[C@H]%11C[C@@H]%10CO%11)nc89)c(C(F)F)n7)CC6)CC5)C4)ccnc32)C(=O)N1. The normalized spacial score (nSPS) is 25.0. The number of imide groups is 1. The van der Waals surface area contributed by atoms with Gasteiger partial charge in [0, 0.05) is 74.4 Å². The number of rotatable bonds is 11. The van der Waals surface area contributed by atoms with E-state index in [2.05, 4.69) is 42.8 Å². The van der Waals surface area contributed by atoms with Gasteiger partial charge in [-0.1, -0.05) is 18.2 Å². The molecule has 3 atom stereocenters. The van der Waals surface area contributed by atoms with E-state index in [0.717, 1.165) is 99.1 Å². The maximum atomic E-state index is 14.4. The molecule has 17 nitrogen and oxygen atoms in total. The van der Waals surface area contributed by atoms with Crippen molar-refractivity contribution in [3.05, 3.63) is 78.0 Å². The Kier molecular flexibility index (Phi) is 10.8. The van der Waals surface area contributed by atoms with Crippen molar-refractivity contribution in [1.82, 2.24) is 49.0 Å². The van der Waals surface area contributed by atoms with Crippen LogP contribution in [0, 0.1) is 11.3 Å². The summed E-state index contributed by atoms with van der Waals surface area (Å²) >= 11 is 0. The Hall–Kier alpha value is -6.34. The number of likely N-dealkylation sites (tertiary alicyclic amines) is 2. The number of pyridine rings is 1. The van der Waals surface area contributed by atoms with Gasteiger partial charge in [-0.15, -0.1) is 0 Å². The number of carbonyl (C=O) groups excluding carboxylic acids is 4. The summed E-state index contributed by atoms with van der Waals surface area (Å²) in [7, 11) is 0. The summed E-state index contributed by atoms with van der Waals surface area (Å²) in [6, 6.07) is 11.6. The highest BCUT2D eigenvalue weighted by Gasteiger charge is 2.46. The number of fused-ring (bicyclic) bond motifs is 6. The molecule has 1 saturated carbocycles. The average Bonchev–Trinajstić information content (AvgIpc) is 4.20. The van der Waals surface area contributed by atoms with Crippen molar-refractivity contribution in [2.75, 3.05) is 56.1 Å². The fourth-order valence-corrected chi connectivity index (χ4v) is 12.2. The molecule has 1 spiro atoms. The Morgan fingerprint density at radius 3 is 2.57 bits per heavy atom. The van der Waals surface area contributed by atoms with Crippen molar-refractivity contribution >= 4 is 62.7 Å². The molecule has 5 saturated heterocycles. The summed E-state index contributed by atoms with van der Waals surface area (Å²) in [6.45, 7) is 5.89. The number of carbonyl (C=O) groups is 4. The molecule has 19 heteroatoms. The third kappa shape index (κ3) is 7.57. The number of aromatic nitrogens is 7. The molecule has 1 aliphatic carbocycles. The lowest BCUT2D eigenvalue weighted by Gasteiger charge is -2.54. The van der Waals surface area contributed by atoms with Crippen LogP contribution in [0.5, 0.6) is 0 Å². The van der Waals surface area contributed by atoms with Gasteiger partial charge in [-0.2, -0.15) is 10.2 Å². The van der Waals surface area contributed by atoms with Gasteiger partial charge in [0.2, 0.25) is 17.7 Å². The number of para-hydroxylation sites is 1. The van der Waals surface area contributed by atoms with Crippen molar-refractivity contribution in [3.63, 3.8) is 0 Å². The van der Waals surface area contributed by atoms with Crippen LogP contribution in [-0.4, -0.2) is 125 Å². The van der Waals surface area contributed by atoms with Crippen LogP contribution >= 0.6 is 0 Å². The molecule has 2 N–H and O–H groups in total. The summed E-state index contributed by atoms with van der Waals surface area (Å²) in [5, 5.41) is 15.9. The molecule has 6 aromatic rings. The Labute approximate surface area is 390 Å². The topological polar surface area (TPSA) is 177 Å². The zero-order valence-corrected chi connectivity index (χ0v) is 37.7. The predicted molar refractivity (Wildman–Crippen MR) is 246 cm³/mol. The van der Waals surface area contributed by atoms with Gasteiger partial charge in [-0.25, -0.2) is 23.3 Å². The molecule has 2 bridgehead atoms. The number of nitrogens with one attached hydrogen (secondary N) is 2. The van der Waals surface area contributed by atoms with Gasteiger partial charge in [0.25, 0.3) is 12.3 Å². The van der Waals surface area contributed by atoms with Crippen LogP contribution < -0.4 is 15.5 Å². The van der Waals surface area contributed by atoms with E-state index >= 15 is 0 Å². The molecule has 1 aromatic carbocycles. The van der Waals surface area contributed by atoms with Gasteiger partial charge in [0.15, 0.2) is 11.3 Å². The summed E-state index contributed by atoms with van der Waals surface area (Å²) in [4.78, 5) is 68.6. The lowest BCUT2D eigenvalue weighted by atomic mass is 9.71. The van der Waals surface area contributed by atoms with Crippen LogP contribution in [0.1, 0.15) is 104 Å². The molecule has 354 valence electrons. The molecule has 5 aromatic heterocycles.